The summed E-state index contributed by atoms with van der Waals surface area (Å²) in [5, 5.41) is 3.25. The maximum Gasteiger partial charge on any atom is 0.410 e. The molecule has 3 atom stereocenters. The molecule has 3 aliphatic rings. The summed E-state index contributed by atoms with van der Waals surface area (Å²) in [6, 6.07) is 0.0629. The van der Waals surface area contributed by atoms with Crippen LogP contribution in [-0.2, 0) is 9.53 Å². The Labute approximate surface area is 196 Å². The lowest BCUT2D eigenvalue weighted by atomic mass is 9.84. The van der Waals surface area contributed by atoms with Gasteiger partial charge in [-0.3, -0.25) is 4.79 Å². The third-order valence-electron chi connectivity index (χ3n) is 7.79. The van der Waals surface area contributed by atoms with E-state index in [1.807, 2.05) is 20.8 Å². The summed E-state index contributed by atoms with van der Waals surface area (Å²) >= 11 is 0. The Hall–Kier alpha value is -1.26. The zero-order valence-corrected chi connectivity index (χ0v) is 21.0. The Kier molecular flexibility index (Phi) is 9.73. The molecule has 0 radical (unpaired) electrons. The van der Waals surface area contributed by atoms with Crippen molar-refractivity contribution in [2.45, 2.75) is 129 Å². The average molecular weight is 449 g/mol. The molecule has 32 heavy (non-hydrogen) atoms. The number of hydrogen-bond donors (Lipinski definition) is 1. The van der Waals surface area contributed by atoms with Gasteiger partial charge < -0.3 is 15.0 Å². The molecule has 1 N–H and O–H groups in total. The van der Waals surface area contributed by atoms with Crippen LogP contribution in [0.2, 0.25) is 0 Å². The summed E-state index contributed by atoms with van der Waals surface area (Å²) in [6.07, 6.45) is 19.1. The Morgan fingerprint density at radius 2 is 1.44 bits per heavy atom. The third-order valence-corrected chi connectivity index (χ3v) is 7.79. The lowest BCUT2D eigenvalue weighted by molar-refractivity contribution is -0.126. The molecule has 0 spiro atoms. The predicted molar refractivity (Wildman–Crippen MR) is 129 cm³/mol. The first-order valence-corrected chi connectivity index (χ1v) is 13.6. The van der Waals surface area contributed by atoms with Crippen LogP contribution in [0.25, 0.3) is 0 Å². The second-order valence-electron chi connectivity index (χ2n) is 11.8. The largest absolute Gasteiger partial charge is 0.444 e. The maximum absolute atomic E-state index is 13.0. The van der Waals surface area contributed by atoms with Crippen LogP contribution < -0.4 is 5.32 Å². The van der Waals surface area contributed by atoms with Crippen LogP contribution in [-0.4, -0.2) is 41.6 Å². The van der Waals surface area contributed by atoms with Gasteiger partial charge in [-0.1, -0.05) is 64.2 Å². The highest BCUT2D eigenvalue weighted by molar-refractivity contribution is 5.79. The molecule has 2 saturated carbocycles. The molecule has 0 bridgehead atoms. The summed E-state index contributed by atoms with van der Waals surface area (Å²) < 4.78 is 5.48. The first kappa shape index (κ1) is 25.4. The zero-order chi connectivity index (χ0) is 23.0. The van der Waals surface area contributed by atoms with Crippen molar-refractivity contribution in [3.63, 3.8) is 0 Å². The minimum atomic E-state index is -0.482. The predicted octanol–water partition coefficient (Wildman–Crippen LogP) is 6.45. The van der Waals surface area contributed by atoms with E-state index < -0.39 is 5.60 Å². The fourth-order valence-corrected chi connectivity index (χ4v) is 5.99. The molecule has 2 aliphatic carbocycles. The van der Waals surface area contributed by atoms with Gasteiger partial charge in [0.15, 0.2) is 0 Å². The van der Waals surface area contributed by atoms with Gasteiger partial charge >= 0.3 is 6.09 Å². The molecular weight excluding hydrogens is 400 g/mol. The number of likely N-dealkylation sites (tertiary alicyclic amines) is 1. The summed E-state index contributed by atoms with van der Waals surface area (Å²) in [4.78, 5) is 27.0. The monoisotopic (exact) mass is 448 g/mol. The fraction of sp³-hybridized carbons (Fsp3) is 0.926. The van der Waals surface area contributed by atoms with Gasteiger partial charge in [0.05, 0.1) is 0 Å². The van der Waals surface area contributed by atoms with Crippen molar-refractivity contribution in [1.82, 2.24) is 10.2 Å². The number of carbonyl (C=O) groups is 2. The fourth-order valence-electron chi connectivity index (χ4n) is 5.99. The van der Waals surface area contributed by atoms with Crippen LogP contribution in [0.1, 0.15) is 117 Å². The number of hydrogen-bond acceptors (Lipinski definition) is 3. The van der Waals surface area contributed by atoms with E-state index >= 15 is 0 Å². The molecule has 1 aliphatic heterocycles. The Morgan fingerprint density at radius 3 is 2.12 bits per heavy atom. The lowest BCUT2D eigenvalue weighted by Crippen LogP contribution is -2.42. The number of nitrogens with one attached hydrogen (secondary N) is 1. The van der Waals surface area contributed by atoms with E-state index in [0.717, 1.165) is 31.1 Å². The second kappa shape index (κ2) is 12.3. The molecule has 2 unspecified atom stereocenters. The molecule has 2 amide bonds. The number of carbonyl (C=O) groups excluding carboxylic acids is 2. The van der Waals surface area contributed by atoms with Crippen LogP contribution in [0.4, 0.5) is 4.79 Å². The highest BCUT2D eigenvalue weighted by Crippen LogP contribution is 2.35. The standard InChI is InChI=1S/C27H48N2O3/c1-27(2,3)32-26(31)29-18-17-24(20-29)28-25(30)23-14-10-13-22(15-16-23)19-21-11-8-6-4-5-7-9-12-21/h21-24H,4-20H2,1-3H3,(H,28,30)/t22?,23?,24-/m1/s1. The Balaban J connectivity index is 1.40. The maximum atomic E-state index is 13.0. The van der Waals surface area contributed by atoms with Crippen LogP contribution >= 0.6 is 0 Å². The molecule has 0 aromatic carbocycles. The first-order chi connectivity index (χ1) is 15.3. The molecule has 1 heterocycles. The minimum Gasteiger partial charge on any atom is -0.444 e. The lowest BCUT2D eigenvalue weighted by Gasteiger charge is -2.24. The molecule has 184 valence electrons. The topological polar surface area (TPSA) is 58.6 Å². The molecule has 0 aromatic rings. The third kappa shape index (κ3) is 8.59. The molecule has 3 fully saturated rings. The molecule has 5 nitrogen and oxygen atoms in total. The van der Waals surface area contributed by atoms with Crippen molar-refractivity contribution in [2.24, 2.45) is 17.8 Å². The Morgan fingerprint density at radius 1 is 0.812 bits per heavy atom. The van der Waals surface area contributed by atoms with E-state index in [9.17, 15) is 9.59 Å². The number of nitrogens with zero attached hydrogens (tertiary/aromatic N) is 1. The second-order valence-corrected chi connectivity index (χ2v) is 11.8. The van der Waals surface area contributed by atoms with Crippen molar-refractivity contribution >= 4 is 12.0 Å². The van der Waals surface area contributed by atoms with Gasteiger partial charge in [-0.2, -0.15) is 0 Å². The quantitative estimate of drug-likeness (QED) is 0.503. The van der Waals surface area contributed by atoms with E-state index in [0.29, 0.717) is 13.1 Å². The van der Waals surface area contributed by atoms with Crippen molar-refractivity contribution in [3.05, 3.63) is 0 Å². The van der Waals surface area contributed by atoms with Crippen LogP contribution in [0.5, 0.6) is 0 Å². The first-order valence-electron chi connectivity index (χ1n) is 13.6. The number of rotatable bonds is 4. The van der Waals surface area contributed by atoms with E-state index in [1.165, 1.54) is 77.0 Å². The van der Waals surface area contributed by atoms with Gasteiger partial charge in [0.1, 0.15) is 5.60 Å². The van der Waals surface area contributed by atoms with Crippen molar-refractivity contribution in [2.75, 3.05) is 13.1 Å². The van der Waals surface area contributed by atoms with Gasteiger partial charge in [-0.15, -0.1) is 0 Å². The van der Waals surface area contributed by atoms with Gasteiger partial charge in [0, 0.05) is 25.0 Å². The van der Waals surface area contributed by atoms with Gasteiger partial charge in [-0.05, 0) is 64.7 Å². The minimum absolute atomic E-state index is 0.0629. The highest BCUT2D eigenvalue weighted by atomic mass is 16.6. The molecule has 0 aromatic heterocycles. The summed E-state index contributed by atoms with van der Waals surface area (Å²) in [5.74, 6) is 2.09. The smallest absolute Gasteiger partial charge is 0.410 e. The van der Waals surface area contributed by atoms with Crippen LogP contribution in [0.15, 0.2) is 0 Å². The van der Waals surface area contributed by atoms with Crippen LogP contribution in [0, 0.1) is 17.8 Å². The summed E-state index contributed by atoms with van der Waals surface area (Å²) in [5.41, 5.74) is -0.482. The molecule has 3 rings (SSSR count). The summed E-state index contributed by atoms with van der Waals surface area (Å²) in [6.45, 7) is 6.89. The van der Waals surface area contributed by atoms with Crippen molar-refractivity contribution in [3.8, 4) is 0 Å². The van der Waals surface area contributed by atoms with Crippen molar-refractivity contribution in [1.29, 1.82) is 0 Å². The molecular formula is C27H48N2O3. The summed E-state index contributed by atoms with van der Waals surface area (Å²) in [7, 11) is 0. The van der Waals surface area contributed by atoms with E-state index in [4.69, 9.17) is 4.74 Å². The molecule has 5 heteroatoms. The molecule has 1 saturated heterocycles. The SMILES string of the molecule is CC(C)(C)OC(=O)N1CC[C@@H](NC(=O)C2CCCC(CC3CCCCCCCC3)CC2)C1. The highest BCUT2D eigenvalue weighted by Gasteiger charge is 2.32. The van der Waals surface area contributed by atoms with E-state index in [-0.39, 0.29) is 24.0 Å². The van der Waals surface area contributed by atoms with Gasteiger partial charge in [0.25, 0.3) is 0 Å². The zero-order valence-electron chi connectivity index (χ0n) is 21.0. The van der Waals surface area contributed by atoms with E-state index in [2.05, 4.69) is 5.32 Å². The normalized spacial score (nSPS) is 28.8. The number of amides is 2. The van der Waals surface area contributed by atoms with Gasteiger partial charge in [0.2, 0.25) is 5.91 Å². The van der Waals surface area contributed by atoms with Crippen molar-refractivity contribution < 1.29 is 14.3 Å². The number of ether oxygens (including phenoxy) is 1. The van der Waals surface area contributed by atoms with Gasteiger partial charge in [-0.25, -0.2) is 4.79 Å². The average Bonchev–Trinajstić information content (AvgIpc) is 3.11. The van der Waals surface area contributed by atoms with E-state index in [1.54, 1.807) is 4.90 Å². The Bertz CT molecular complexity index is 590. The van der Waals surface area contributed by atoms with Crippen LogP contribution in [0.3, 0.4) is 0 Å².